The molecule has 1 heterocycles. The second-order valence-electron chi connectivity index (χ2n) is 7.07. The predicted octanol–water partition coefficient (Wildman–Crippen LogP) is 2.83. The van der Waals surface area contributed by atoms with Crippen LogP contribution in [0.2, 0.25) is 0 Å². The van der Waals surface area contributed by atoms with E-state index in [-0.39, 0.29) is 18.3 Å². The van der Waals surface area contributed by atoms with Gasteiger partial charge in [0, 0.05) is 6.54 Å². The van der Waals surface area contributed by atoms with Gasteiger partial charge in [0.15, 0.2) is 0 Å². The number of rotatable bonds is 5. The van der Waals surface area contributed by atoms with E-state index < -0.39 is 0 Å². The molecule has 0 aromatic heterocycles. The molecule has 21 heavy (non-hydrogen) atoms. The summed E-state index contributed by atoms with van der Waals surface area (Å²) in [7, 11) is 1.89. The zero-order valence-corrected chi connectivity index (χ0v) is 14.3. The summed E-state index contributed by atoms with van der Waals surface area (Å²) in [5.74, 6) is 0. The molecule has 3 nitrogen and oxygen atoms in total. The molecule has 2 rings (SSSR count). The highest BCUT2D eigenvalue weighted by molar-refractivity contribution is 6.62. The fourth-order valence-electron chi connectivity index (χ4n) is 2.59. The molecule has 0 aliphatic carbocycles. The van der Waals surface area contributed by atoms with Gasteiger partial charge < -0.3 is 14.2 Å². The molecule has 4 heteroatoms. The van der Waals surface area contributed by atoms with Crippen LogP contribution in [0.3, 0.4) is 0 Å². The molecule has 1 aliphatic rings. The van der Waals surface area contributed by atoms with Gasteiger partial charge in [0.1, 0.15) is 0 Å². The first-order chi connectivity index (χ1) is 9.75. The Kier molecular flexibility index (Phi) is 4.81. The van der Waals surface area contributed by atoms with E-state index in [4.69, 9.17) is 9.31 Å². The molecule has 1 saturated heterocycles. The Morgan fingerprint density at radius 2 is 1.71 bits per heavy atom. The van der Waals surface area contributed by atoms with Crippen LogP contribution in [-0.4, -0.2) is 36.8 Å². The summed E-state index contributed by atoms with van der Waals surface area (Å²) in [5.41, 5.74) is 1.84. The third kappa shape index (κ3) is 3.68. The summed E-state index contributed by atoms with van der Waals surface area (Å²) in [4.78, 5) is 2.34. The van der Waals surface area contributed by atoms with Crippen LogP contribution in [0.25, 0.3) is 0 Å². The van der Waals surface area contributed by atoms with Crippen molar-refractivity contribution in [2.75, 3.05) is 13.6 Å². The molecule has 0 amide bonds. The summed E-state index contributed by atoms with van der Waals surface area (Å²) in [6.45, 7) is 12.6. The van der Waals surface area contributed by atoms with E-state index in [2.05, 4.69) is 70.8 Å². The Balaban J connectivity index is 2.12. The van der Waals surface area contributed by atoms with E-state index in [1.807, 2.05) is 0 Å². The molecule has 0 atom stereocenters. The monoisotopic (exact) mass is 289 g/mol. The van der Waals surface area contributed by atoms with E-state index in [1.54, 1.807) is 0 Å². The fourth-order valence-corrected chi connectivity index (χ4v) is 2.59. The van der Waals surface area contributed by atoms with Gasteiger partial charge in [-0.25, -0.2) is 0 Å². The van der Waals surface area contributed by atoms with Gasteiger partial charge in [-0.2, -0.15) is 0 Å². The number of hydrogen-bond acceptors (Lipinski definition) is 3. The Labute approximate surface area is 129 Å². The lowest BCUT2D eigenvalue weighted by molar-refractivity contribution is 0.00578. The zero-order chi connectivity index (χ0) is 15.7. The van der Waals surface area contributed by atoms with E-state index in [9.17, 15) is 0 Å². The van der Waals surface area contributed by atoms with E-state index in [1.165, 1.54) is 12.0 Å². The van der Waals surface area contributed by atoms with Crippen LogP contribution in [0, 0.1) is 0 Å². The maximum absolute atomic E-state index is 6.12. The Hall–Kier alpha value is -0.835. The zero-order valence-electron chi connectivity index (χ0n) is 14.3. The minimum atomic E-state index is -0.285. The van der Waals surface area contributed by atoms with Gasteiger partial charge in [0.05, 0.1) is 11.2 Å². The molecule has 0 radical (unpaired) electrons. The third-order valence-electron chi connectivity index (χ3n) is 4.53. The van der Waals surface area contributed by atoms with E-state index in [0.29, 0.717) is 0 Å². The first kappa shape index (κ1) is 16.5. The van der Waals surface area contributed by atoms with Gasteiger partial charge in [-0.15, -0.1) is 0 Å². The third-order valence-corrected chi connectivity index (χ3v) is 4.53. The molecular formula is C17H28BNO2. The summed E-state index contributed by atoms with van der Waals surface area (Å²) >= 11 is 0. The Bertz CT molecular complexity index is 471. The van der Waals surface area contributed by atoms with Crippen molar-refractivity contribution in [3.8, 4) is 0 Å². The minimum Gasteiger partial charge on any atom is -0.399 e. The molecule has 0 bridgehead atoms. The number of nitrogens with zero attached hydrogens (tertiary/aromatic N) is 1. The molecule has 1 aromatic rings. The van der Waals surface area contributed by atoms with E-state index >= 15 is 0 Å². The second-order valence-corrected chi connectivity index (χ2v) is 7.07. The Morgan fingerprint density at radius 1 is 1.10 bits per heavy atom. The molecule has 0 unspecified atom stereocenters. The van der Waals surface area contributed by atoms with Gasteiger partial charge in [-0.1, -0.05) is 31.2 Å². The van der Waals surface area contributed by atoms with Gasteiger partial charge >= 0.3 is 7.12 Å². The van der Waals surface area contributed by atoms with Gasteiger partial charge in [-0.05, 0) is 58.7 Å². The minimum absolute atomic E-state index is 0.272. The summed E-state index contributed by atoms with van der Waals surface area (Å²) in [6, 6.07) is 8.55. The van der Waals surface area contributed by atoms with Crippen molar-refractivity contribution in [3.63, 3.8) is 0 Å². The van der Waals surface area contributed by atoms with Crippen LogP contribution in [0.4, 0.5) is 0 Å². The number of benzene rings is 1. The molecule has 116 valence electrons. The van der Waals surface area contributed by atoms with Crippen molar-refractivity contribution in [2.45, 2.75) is 58.8 Å². The molecule has 1 fully saturated rings. The van der Waals surface area contributed by atoms with Crippen molar-refractivity contribution >= 4 is 12.6 Å². The van der Waals surface area contributed by atoms with Crippen LogP contribution in [0.1, 0.15) is 46.6 Å². The fraction of sp³-hybridized carbons (Fsp3) is 0.647. The maximum atomic E-state index is 6.12. The summed E-state index contributed by atoms with van der Waals surface area (Å²) in [6.07, 6.45) is 1.17. The maximum Gasteiger partial charge on any atom is 0.494 e. The average Bonchev–Trinajstić information content (AvgIpc) is 2.59. The molecule has 0 spiro atoms. The van der Waals surface area contributed by atoms with Crippen LogP contribution < -0.4 is 5.46 Å². The van der Waals surface area contributed by atoms with Crippen LogP contribution in [0.5, 0.6) is 0 Å². The molecular weight excluding hydrogens is 261 g/mol. The smallest absolute Gasteiger partial charge is 0.399 e. The standard InChI is InChI=1S/C17H28BNO2/c1-7-11-19(6)13-14-9-8-10-15(12-14)18-20-16(2,3)17(4,5)21-18/h8-10,12H,7,11,13H2,1-6H3. The van der Waals surface area contributed by atoms with Crippen molar-refractivity contribution in [3.05, 3.63) is 29.8 Å². The molecule has 0 N–H and O–H groups in total. The molecule has 1 aromatic carbocycles. The van der Waals surface area contributed by atoms with Crippen LogP contribution >= 0.6 is 0 Å². The SMILES string of the molecule is CCCN(C)Cc1cccc(B2OC(C)(C)C(C)(C)O2)c1. The lowest BCUT2D eigenvalue weighted by Gasteiger charge is -2.32. The van der Waals surface area contributed by atoms with Gasteiger partial charge in [0.2, 0.25) is 0 Å². The normalized spacial score (nSPS) is 20.2. The highest BCUT2D eigenvalue weighted by atomic mass is 16.7. The molecule has 0 saturated carbocycles. The largest absolute Gasteiger partial charge is 0.494 e. The van der Waals surface area contributed by atoms with Crippen molar-refractivity contribution < 1.29 is 9.31 Å². The summed E-state index contributed by atoms with van der Waals surface area (Å²) in [5, 5.41) is 0. The second kappa shape index (κ2) is 6.11. The van der Waals surface area contributed by atoms with Crippen molar-refractivity contribution in [1.29, 1.82) is 0 Å². The quantitative estimate of drug-likeness (QED) is 0.778. The average molecular weight is 289 g/mol. The Morgan fingerprint density at radius 3 is 2.29 bits per heavy atom. The number of hydrogen-bond donors (Lipinski definition) is 0. The lowest BCUT2D eigenvalue weighted by Crippen LogP contribution is -2.41. The summed E-state index contributed by atoms with van der Waals surface area (Å²) < 4.78 is 12.2. The highest BCUT2D eigenvalue weighted by Crippen LogP contribution is 2.36. The van der Waals surface area contributed by atoms with Crippen molar-refractivity contribution in [1.82, 2.24) is 4.90 Å². The molecule has 1 aliphatic heterocycles. The predicted molar refractivity (Wildman–Crippen MR) is 88.8 cm³/mol. The topological polar surface area (TPSA) is 21.7 Å². The van der Waals surface area contributed by atoms with Crippen molar-refractivity contribution in [2.24, 2.45) is 0 Å². The highest BCUT2D eigenvalue weighted by Gasteiger charge is 2.51. The van der Waals surface area contributed by atoms with Crippen LogP contribution in [0.15, 0.2) is 24.3 Å². The first-order valence-electron chi connectivity index (χ1n) is 7.88. The van der Waals surface area contributed by atoms with Crippen LogP contribution in [-0.2, 0) is 15.9 Å². The lowest BCUT2D eigenvalue weighted by atomic mass is 9.78. The van der Waals surface area contributed by atoms with Gasteiger partial charge in [0.25, 0.3) is 0 Å². The van der Waals surface area contributed by atoms with Gasteiger partial charge in [-0.3, -0.25) is 0 Å². The first-order valence-corrected chi connectivity index (χ1v) is 7.88. The van der Waals surface area contributed by atoms with E-state index in [0.717, 1.165) is 18.6 Å².